The molecular weight excluding hydrogens is 360 g/mol. The van der Waals surface area contributed by atoms with E-state index in [9.17, 15) is 19.5 Å². The molecule has 2 N–H and O–H groups in total. The lowest BCUT2D eigenvalue weighted by atomic mass is 9.94. The molecule has 1 atom stereocenters. The molecule has 8 heteroatoms. The van der Waals surface area contributed by atoms with Gasteiger partial charge in [-0.15, -0.1) is 0 Å². The zero-order valence-corrected chi connectivity index (χ0v) is 16.6. The van der Waals surface area contributed by atoms with Crippen LogP contribution in [0.4, 0.5) is 4.79 Å². The third-order valence-electron chi connectivity index (χ3n) is 6.98. The predicted octanol–water partition coefficient (Wildman–Crippen LogP) is 0.690. The maximum atomic E-state index is 12.8. The average Bonchev–Trinajstić information content (AvgIpc) is 3.34. The minimum atomic E-state index is -0.772. The van der Waals surface area contributed by atoms with Crippen molar-refractivity contribution in [3.8, 4) is 0 Å². The van der Waals surface area contributed by atoms with Gasteiger partial charge >= 0.3 is 6.03 Å². The van der Waals surface area contributed by atoms with Gasteiger partial charge in [-0.1, -0.05) is 12.8 Å². The average molecular weight is 393 g/mol. The number of nitrogens with one attached hydrogen (secondary N) is 1. The fraction of sp³-hybridized carbons (Fsp3) is 0.850. The number of β-amino-alcohol motifs (C(OH)–C–C–N with tert-alkyl or cyclic N) is 1. The molecule has 0 radical (unpaired) electrons. The summed E-state index contributed by atoms with van der Waals surface area (Å²) in [4.78, 5) is 43.0. The molecule has 1 spiro atoms. The van der Waals surface area contributed by atoms with Crippen LogP contribution in [0.3, 0.4) is 0 Å². The Labute approximate surface area is 166 Å². The first-order valence-corrected chi connectivity index (χ1v) is 10.8. The van der Waals surface area contributed by atoms with Gasteiger partial charge in [0.05, 0.1) is 5.60 Å². The Morgan fingerprint density at radius 3 is 2.36 bits per heavy atom. The van der Waals surface area contributed by atoms with Crippen LogP contribution in [0.25, 0.3) is 0 Å². The molecule has 1 aliphatic carbocycles. The Morgan fingerprint density at radius 1 is 0.929 bits per heavy atom. The second kappa shape index (κ2) is 7.63. The third kappa shape index (κ3) is 3.76. The SMILES string of the molecule is O=C(CN1C(=O)NC2(CCCC2)C1=O)N1CCC[C@](O)(CN2CCCC2)CC1. The third-order valence-corrected chi connectivity index (χ3v) is 6.98. The number of rotatable bonds is 4. The number of hydrogen-bond acceptors (Lipinski definition) is 5. The van der Waals surface area contributed by atoms with Crippen LogP contribution in [0.1, 0.15) is 57.8 Å². The Hall–Kier alpha value is -1.67. The van der Waals surface area contributed by atoms with Crippen molar-refractivity contribution in [3.05, 3.63) is 0 Å². The number of amides is 4. The zero-order chi connectivity index (χ0) is 19.8. The monoisotopic (exact) mass is 392 g/mol. The van der Waals surface area contributed by atoms with Crippen LogP contribution in [0.15, 0.2) is 0 Å². The van der Waals surface area contributed by atoms with Crippen LogP contribution >= 0.6 is 0 Å². The first kappa shape index (κ1) is 19.6. The molecule has 3 saturated heterocycles. The van der Waals surface area contributed by atoms with E-state index >= 15 is 0 Å². The summed E-state index contributed by atoms with van der Waals surface area (Å²) >= 11 is 0. The van der Waals surface area contributed by atoms with Gasteiger partial charge in [0, 0.05) is 19.6 Å². The molecule has 4 fully saturated rings. The summed E-state index contributed by atoms with van der Waals surface area (Å²) in [6.45, 7) is 3.59. The van der Waals surface area contributed by atoms with Gasteiger partial charge in [0.1, 0.15) is 12.1 Å². The number of nitrogens with zero attached hydrogens (tertiary/aromatic N) is 3. The van der Waals surface area contributed by atoms with Crippen molar-refractivity contribution in [2.45, 2.75) is 68.9 Å². The van der Waals surface area contributed by atoms with Gasteiger partial charge in [0.15, 0.2) is 0 Å². The Balaban J connectivity index is 1.34. The molecule has 0 aromatic rings. The maximum Gasteiger partial charge on any atom is 0.325 e. The van der Waals surface area contributed by atoms with E-state index in [1.54, 1.807) is 4.90 Å². The molecular formula is C20H32N4O4. The summed E-state index contributed by atoms with van der Waals surface area (Å²) in [6, 6.07) is -0.444. The number of aliphatic hydroxyl groups is 1. The highest BCUT2D eigenvalue weighted by molar-refractivity contribution is 6.09. The Morgan fingerprint density at radius 2 is 1.64 bits per heavy atom. The highest BCUT2D eigenvalue weighted by atomic mass is 16.3. The topological polar surface area (TPSA) is 93.2 Å². The highest BCUT2D eigenvalue weighted by Crippen LogP contribution is 2.35. The molecule has 4 rings (SSSR count). The summed E-state index contributed by atoms with van der Waals surface area (Å²) in [7, 11) is 0. The largest absolute Gasteiger partial charge is 0.388 e. The molecule has 4 aliphatic rings. The zero-order valence-electron chi connectivity index (χ0n) is 16.6. The first-order chi connectivity index (χ1) is 13.4. The van der Waals surface area contributed by atoms with Crippen LogP contribution in [-0.2, 0) is 9.59 Å². The molecule has 3 heterocycles. The van der Waals surface area contributed by atoms with Gasteiger partial charge in [-0.2, -0.15) is 0 Å². The lowest BCUT2D eigenvalue weighted by Gasteiger charge is -2.31. The molecule has 8 nitrogen and oxygen atoms in total. The van der Waals surface area contributed by atoms with Crippen molar-refractivity contribution in [2.24, 2.45) is 0 Å². The van der Waals surface area contributed by atoms with Gasteiger partial charge in [-0.3, -0.25) is 14.5 Å². The lowest BCUT2D eigenvalue weighted by molar-refractivity contribution is -0.139. The molecule has 0 unspecified atom stereocenters. The van der Waals surface area contributed by atoms with E-state index in [4.69, 9.17) is 0 Å². The summed E-state index contributed by atoms with van der Waals surface area (Å²) in [5, 5.41) is 13.8. The molecule has 1 saturated carbocycles. The van der Waals surface area contributed by atoms with Crippen LogP contribution in [0, 0.1) is 0 Å². The lowest BCUT2D eigenvalue weighted by Crippen LogP contribution is -2.46. The van der Waals surface area contributed by atoms with Crippen molar-refractivity contribution >= 4 is 17.8 Å². The van der Waals surface area contributed by atoms with E-state index in [-0.39, 0.29) is 18.4 Å². The number of carbonyl (C=O) groups is 3. The maximum absolute atomic E-state index is 12.8. The van der Waals surface area contributed by atoms with Crippen LogP contribution < -0.4 is 5.32 Å². The second-order valence-electron chi connectivity index (χ2n) is 9.05. The number of hydrogen-bond donors (Lipinski definition) is 2. The Bertz CT molecular complexity index is 642. The van der Waals surface area contributed by atoms with E-state index in [0.29, 0.717) is 45.3 Å². The van der Waals surface area contributed by atoms with Crippen LogP contribution in [0.2, 0.25) is 0 Å². The molecule has 0 aromatic heterocycles. The molecule has 156 valence electrons. The van der Waals surface area contributed by atoms with Gasteiger partial charge < -0.3 is 20.2 Å². The Kier molecular flexibility index (Phi) is 5.35. The molecule has 28 heavy (non-hydrogen) atoms. The van der Waals surface area contributed by atoms with Crippen LogP contribution in [0.5, 0.6) is 0 Å². The summed E-state index contributed by atoms with van der Waals surface area (Å²) in [5.74, 6) is -0.451. The minimum absolute atomic E-state index is 0.197. The number of urea groups is 1. The van der Waals surface area contributed by atoms with Gasteiger partial charge in [-0.05, 0) is 58.0 Å². The number of carbonyl (C=O) groups excluding carboxylic acids is 3. The minimum Gasteiger partial charge on any atom is -0.388 e. The quantitative estimate of drug-likeness (QED) is 0.687. The van der Waals surface area contributed by atoms with Crippen molar-refractivity contribution in [2.75, 3.05) is 39.3 Å². The second-order valence-corrected chi connectivity index (χ2v) is 9.05. The van der Waals surface area contributed by atoms with Crippen LogP contribution in [-0.4, -0.2) is 88.1 Å². The first-order valence-electron chi connectivity index (χ1n) is 10.8. The van der Waals surface area contributed by atoms with Gasteiger partial charge in [0.2, 0.25) is 5.91 Å². The number of imide groups is 1. The molecule has 3 aliphatic heterocycles. The summed E-state index contributed by atoms with van der Waals surface area (Å²) in [5.41, 5.74) is -1.53. The predicted molar refractivity (Wildman–Crippen MR) is 102 cm³/mol. The fourth-order valence-corrected chi connectivity index (χ4v) is 5.32. The molecule has 0 aromatic carbocycles. The van der Waals surface area contributed by atoms with Crippen molar-refractivity contribution < 1.29 is 19.5 Å². The highest BCUT2D eigenvalue weighted by Gasteiger charge is 2.53. The van der Waals surface area contributed by atoms with Gasteiger partial charge in [-0.25, -0.2) is 4.79 Å². The van der Waals surface area contributed by atoms with E-state index < -0.39 is 17.2 Å². The van der Waals surface area contributed by atoms with E-state index in [0.717, 1.165) is 37.3 Å². The fourth-order valence-electron chi connectivity index (χ4n) is 5.32. The van der Waals surface area contributed by atoms with E-state index in [1.165, 1.54) is 12.8 Å². The van der Waals surface area contributed by atoms with Crippen molar-refractivity contribution in [1.82, 2.24) is 20.0 Å². The smallest absolute Gasteiger partial charge is 0.325 e. The molecule has 4 amide bonds. The van der Waals surface area contributed by atoms with Gasteiger partial charge in [0.25, 0.3) is 5.91 Å². The van der Waals surface area contributed by atoms with E-state index in [2.05, 4.69) is 10.2 Å². The standard InChI is InChI=1S/C20H32N4O4/c25-16(14-24-17(26)20(21-18(24)27)7-1-2-8-20)23-12-5-6-19(28,9-13-23)15-22-10-3-4-11-22/h28H,1-15H2,(H,21,27)/t19-/m1/s1. The normalized spacial score (nSPS) is 30.9. The van der Waals surface area contributed by atoms with E-state index in [1.807, 2.05) is 0 Å². The summed E-state index contributed by atoms with van der Waals surface area (Å²) < 4.78 is 0. The molecule has 0 bridgehead atoms. The van der Waals surface area contributed by atoms with Crippen molar-refractivity contribution in [1.29, 1.82) is 0 Å². The van der Waals surface area contributed by atoms with Crippen molar-refractivity contribution in [3.63, 3.8) is 0 Å². The number of likely N-dealkylation sites (tertiary alicyclic amines) is 2. The summed E-state index contributed by atoms with van der Waals surface area (Å²) in [6.07, 6.45) is 7.51.